The summed E-state index contributed by atoms with van der Waals surface area (Å²) in [5.74, 6) is 0. The van der Waals surface area contributed by atoms with Crippen LogP contribution in [0, 0.1) is 19.3 Å². The van der Waals surface area contributed by atoms with Crippen LogP contribution >= 0.6 is 15.9 Å². The Morgan fingerprint density at radius 2 is 1.76 bits per heavy atom. The van der Waals surface area contributed by atoms with E-state index in [4.69, 9.17) is 0 Å². The SMILES string of the molecule is Cc1cc(C(O)C2(C)CCCC2)c(C)cc1Br. The molecule has 1 unspecified atom stereocenters. The van der Waals surface area contributed by atoms with Crippen LogP contribution in [0.3, 0.4) is 0 Å². The lowest BCUT2D eigenvalue weighted by atomic mass is 9.78. The molecule has 0 bridgehead atoms. The summed E-state index contributed by atoms with van der Waals surface area (Å²) in [6.45, 7) is 6.39. The number of benzene rings is 1. The summed E-state index contributed by atoms with van der Waals surface area (Å²) in [4.78, 5) is 0. The van der Waals surface area contributed by atoms with E-state index in [9.17, 15) is 5.11 Å². The van der Waals surface area contributed by atoms with E-state index in [1.165, 1.54) is 24.0 Å². The third-order valence-corrected chi connectivity index (χ3v) is 5.10. The zero-order chi connectivity index (χ0) is 12.6. The van der Waals surface area contributed by atoms with Crippen LogP contribution in [0.25, 0.3) is 0 Å². The van der Waals surface area contributed by atoms with Crippen LogP contribution in [0.4, 0.5) is 0 Å². The maximum atomic E-state index is 10.7. The lowest BCUT2D eigenvalue weighted by Crippen LogP contribution is -2.22. The van der Waals surface area contributed by atoms with Crippen molar-refractivity contribution in [1.82, 2.24) is 0 Å². The first-order valence-corrected chi connectivity index (χ1v) is 7.18. The van der Waals surface area contributed by atoms with Gasteiger partial charge in [-0.3, -0.25) is 0 Å². The number of rotatable bonds is 2. The second-order valence-corrected chi connectivity index (χ2v) is 6.58. The molecule has 1 aliphatic rings. The Morgan fingerprint density at radius 1 is 1.18 bits per heavy atom. The minimum atomic E-state index is -0.322. The maximum Gasteiger partial charge on any atom is 0.0846 e. The highest BCUT2D eigenvalue weighted by molar-refractivity contribution is 9.10. The van der Waals surface area contributed by atoms with Crippen molar-refractivity contribution in [3.8, 4) is 0 Å². The molecule has 1 fully saturated rings. The zero-order valence-electron chi connectivity index (χ0n) is 10.9. The standard InChI is InChI=1S/C15H21BrO/c1-10-9-13(16)11(2)8-12(10)14(17)15(3)6-4-5-7-15/h8-9,14,17H,4-7H2,1-3H3. The average molecular weight is 297 g/mol. The van der Waals surface area contributed by atoms with Crippen molar-refractivity contribution in [3.05, 3.63) is 33.3 Å². The van der Waals surface area contributed by atoms with Crippen molar-refractivity contribution < 1.29 is 5.11 Å². The molecule has 1 saturated carbocycles. The molecule has 1 atom stereocenters. The summed E-state index contributed by atoms with van der Waals surface area (Å²) in [7, 11) is 0. The molecule has 1 N–H and O–H groups in total. The van der Waals surface area contributed by atoms with Gasteiger partial charge < -0.3 is 5.11 Å². The molecule has 0 saturated heterocycles. The quantitative estimate of drug-likeness (QED) is 0.840. The van der Waals surface area contributed by atoms with Gasteiger partial charge in [-0.05, 0) is 54.9 Å². The minimum absolute atomic E-state index is 0.0744. The van der Waals surface area contributed by atoms with Gasteiger partial charge in [-0.25, -0.2) is 0 Å². The van der Waals surface area contributed by atoms with E-state index in [1.807, 2.05) is 0 Å². The van der Waals surface area contributed by atoms with Gasteiger partial charge in [0, 0.05) is 4.47 Å². The van der Waals surface area contributed by atoms with Crippen molar-refractivity contribution in [2.75, 3.05) is 0 Å². The summed E-state index contributed by atoms with van der Waals surface area (Å²) < 4.78 is 1.13. The molecule has 1 aliphatic carbocycles. The van der Waals surface area contributed by atoms with E-state index in [0.29, 0.717) is 0 Å². The fraction of sp³-hybridized carbons (Fsp3) is 0.600. The van der Waals surface area contributed by atoms with Gasteiger partial charge in [-0.15, -0.1) is 0 Å². The van der Waals surface area contributed by atoms with Gasteiger partial charge >= 0.3 is 0 Å². The number of hydrogen-bond acceptors (Lipinski definition) is 1. The second-order valence-electron chi connectivity index (χ2n) is 5.72. The topological polar surface area (TPSA) is 20.2 Å². The number of hydrogen-bond donors (Lipinski definition) is 1. The highest BCUT2D eigenvalue weighted by Crippen LogP contribution is 2.48. The van der Waals surface area contributed by atoms with E-state index in [0.717, 1.165) is 22.9 Å². The van der Waals surface area contributed by atoms with Crippen molar-refractivity contribution in [3.63, 3.8) is 0 Å². The fourth-order valence-corrected chi connectivity index (χ4v) is 3.39. The molecule has 17 heavy (non-hydrogen) atoms. The summed E-state index contributed by atoms with van der Waals surface area (Å²) in [6.07, 6.45) is 4.46. The van der Waals surface area contributed by atoms with E-state index in [1.54, 1.807) is 0 Å². The Morgan fingerprint density at radius 3 is 2.35 bits per heavy atom. The molecule has 2 heteroatoms. The maximum absolute atomic E-state index is 10.7. The van der Waals surface area contributed by atoms with Crippen LogP contribution in [0.15, 0.2) is 16.6 Å². The molecule has 0 spiro atoms. The molecule has 0 amide bonds. The molecule has 1 aromatic rings. The molecule has 0 aliphatic heterocycles. The minimum Gasteiger partial charge on any atom is -0.388 e. The van der Waals surface area contributed by atoms with Gasteiger partial charge in [0.05, 0.1) is 6.10 Å². The number of aryl methyl sites for hydroxylation is 2. The molecular weight excluding hydrogens is 276 g/mol. The van der Waals surface area contributed by atoms with Crippen molar-refractivity contribution in [2.24, 2.45) is 5.41 Å². The van der Waals surface area contributed by atoms with Crippen molar-refractivity contribution >= 4 is 15.9 Å². The van der Waals surface area contributed by atoms with E-state index >= 15 is 0 Å². The summed E-state index contributed by atoms with van der Waals surface area (Å²) >= 11 is 3.54. The van der Waals surface area contributed by atoms with Gasteiger partial charge in [-0.2, -0.15) is 0 Å². The van der Waals surface area contributed by atoms with Gasteiger partial charge in [0.1, 0.15) is 0 Å². The largest absolute Gasteiger partial charge is 0.388 e. The molecule has 0 heterocycles. The fourth-order valence-electron chi connectivity index (χ4n) is 2.93. The van der Waals surface area contributed by atoms with Crippen LogP contribution in [0.2, 0.25) is 0 Å². The van der Waals surface area contributed by atoms with Gasteiger partial charge in [0.2, 0.25) is 0 Å². The number of aliphatic hydroxyl groups is 1. The Labute approximate surface area is 112 Å². The van der Waals surface area contributed by atoms with Crippen LogP contribution in [0.5, 0.6) is 0 Å². The predicted octanol–water partition coefficient (Wildman–Crippen LogP) is 4.68. The number of halogens is 1. The molecule has 1 nitrogen and oxygen atoms in total. The van der Waals surface area contributed by atoms with E-state index in [-0.39, 0.29) is 11.5 Å². The Bertz CT molecular complexity index is 419. The first-order valence-electron chi connectivity index (χ1n) is 6.39. The Balaban J connectivity index is 2.36. The molecule has 0 radical (unpaired) electrons. The summed E-state index contributed by atoms with van der Waals surface area (Å²) in [6, 6.07) is 4.25. The third-order valence-electron chi connectivity index (χ3n) is 4.25. The van der Waals surface area contributed by atoms with Crippen molar-refractivity contribution in [1.29, 1.82) is 0 Å². The Hall–Kier alpha value is -0.340. The summed E-state index contributed by atoms with van der Waals surface area (Å²) in [5, 5.41) is 10.7. The third kappa shape index (κ3) is 2.43. The van der Waals surface area contributed by atoms with Crippen LogP contribution in [-0.2, 0) is 0 Å². The summed E-state index contributed by atoms with van der Waals surface area (Å²) in [5.41, 5.74) is 3.56. The Kier molecular flexibility index (Phi) is 3.65. The average Bonchev–Trinajstić information content (AvgIpc) is 2.71. The van der Waals surface area contributed by atoms with Gasteiger partial charge in [0.25, 0.3) is 0 Å². The normalized spacial score (nSPS) is 20.5. The second kappa shape index (κ2) is 4.74. The van der Waals surface area contributed by atoms with E-state index < -0.39 is 0 Å². The lowest BCUT2D eigenvalue weighted by molar-refractivity contribution is 0.0403. The van der Waals surface area contributed by atoms with Crippen LogP contribution in [-0.4, -0.2) is 5.11 Å². The van der Waals surface area contributed by atoms with Gasteiger partial charge in [-0.1, -0.05) is 41.8 Å². The molecule has 0 aromatic heterocycles. The molecule has 94 valence electrons. The van der Waals surface area contributed by atoms with E-state index in [2.05, 4.69) is 48.8 Å². The van der Waals surface area contributed by atoms with Crippen LogP contribution < -0.4 is 0 Å². The molecule has 2 rings (SSSR count). The lowest BCUT2D eigenvalue weighted by Gasteiger charge is -2.31. The van der Waals surface area contributed by atoms with Crippen molar-refractivity contribution in [2.45, 2.75) is 52.6 Å². The number of aliphatic hydroxyl groups excluding tert-OH is 1. The van der Waals surface area contributed by atoms with Crippen LogP contribution in [0.1, 0.15) is 55.4 Å². The monoisotopic (exact) mass is 296 g/mol. The smallest absolute Gasteiger partial charge is 0.0846 e. The van der Waals surface area contributed by atoms with Gasteiger partial charge in [0.15, 0.2) is 0 Å². The first kappa shape index (κ1) is 13.1. The molecular formula is C15H21BrO. The zero-order valence-corrected chi connectivity index (χ0v) is 12.5. The molecule has 1 aromatic carbocycles. The predicted molar refractivity (Wildman–Crippen MR) is 75.2 cm³/mol. The highest BCUT2D eigenvalue weighted by Gasteiger charge is 2.37. The highest BCUT2D eigenvalue weighted by atomic mass is 79.9. The first-order chi connectivity index (χ1) is 7.94.